The average Bonchev–Trinajstić information content (AvgIpc) is 2.38. The average molecular weight is 268 g/mol. The van der Waals surface area contributed by atoms with E-state index in [1.165, 1.54) is 19.4 Å². The molecule has 0 radical (unpaired) electrons. The highest BCUT2D eigenvalue weighted by molar-refractivity contribution is 5.77. The summed E-state index contributed by atoms with van der Waals surface area (Å²) in [5, 5.41) is 8.59. The Morgan fingerprint density at radius 2 is 2.00 bits per heavy atom. The number of hydrogen-bond acceptors (Lipinski definition) is 3. The van der Waals surface area contributed by atoms with Crippen LogP contribution in [0.4, 0.5) is 0 Å². The van der Waals surface area contributed by atoms with Crippen molar-refractivity contribution in [3.8, 4) is 0 Å². The number of nitrogens with zero attached hydrogens (tertiary/aromatic N) is 2. The van der Waals surface area contributed by atoms with E-state index in [1.807, 2.05) is 4.90 Å². The third kappa shape index (κ3) is 3.69. The third-order valence-corrected chi connectivity index (χ3v) is 4.48. The number of amides is 1. The number of piperidine rings is 2. The number of carboxylic acid groups (broad SMARTS) is 1. The number of carboxylic acids is 1. The normalized spacial score (nSPS) is 27.9. The van der Waals surface area contributed by atoms with E-state index in [1.54, 1.807) is 0 Å². The molecule has 2 aliphatic rings. The van der Waals surface area contributed by atoms with Gasteiger partial charge < -0.3 is 14.9 Å². The van der Waals surface area contributed by atoms with Crippen molar-refractivity contribution in [2.75, 3.05) is 26.7 Å². The molecule has 2 rings (SSSR count). The van der Waals surface area contributed by atoms with Gasteiger partial charge in [0.25, 0.3) is 0 Å². The lowest BCUT2D eigenvalue weighted by molar-refractivity contribution is -0.137. The van der Waals surface area contributed by atoms with Gasteiger partial charge in [0.2, 0.25) is 5.91 Å². The van der Waals surface area contributed by atoms with Crippen LogP contribution in [0.2, 0.25) is 0 Å². The minimum atomic E-state index is -0.819. The minimum absolute atomic E-state index is 0.0916. The third-order valence-electron chi connectivity index (χ3n) is 4.48. The van der Waals surface area contributed by atoms with Crippen molar-refractivity contribution in [1.82, 2.24) is 9.80 Å². The fraction of sp³-hybridized carbons (Fsp3) is 0.857. The summed E-state index contributed by atoms with van der Waals surface area (Å²) in [6, 6.07) is 0.636. The maximum absolute atomic E-state index is 12.1. The van der Waals surface area contributed by atoms with E-state index < -0.39 is 5.97 Å². The summed E-state index contributed by atoms with van der Waals surface area (Å²) in [7, 11) is 2.18. The van der Waals surface area contributed by atoms with Crippen molar-refractivity contribution in [2.45, 2.75) is 44.6 Å². The van der Waals surface area contributed by atoms with E-state index in [0.717, 1.165) is 19.5 Å². The van der Waals surface area contributed by atoms with Gasteiger partial charge in [-0.05, 0) is 45.2 Å². The van der Waals surface area contributed by atoms with Gasteiger partial charge in [-0.3, -0.25) is 9.59 Å². The number of hydrogen-bond donors (Lipinski definition) is 1. The zero-order valence-corrected chi connectivity index (χ0v) is 11.7. The van der Waals surface area contributed by atoms with Crippen LogP contribution in [0.5, 0.6) is 0 Å². The lowest BCUT2D eigenvalue weighted by Crippen LogP contribution is -2.53. The summed E-state index contributed by atoms with van der Waals surface area (Å²) < 4.78 is 0. The van der Waals surface area contributed by atoms with Crippen LogP contribution >= 0.6 is 0 Å². The van der Waals surface area contributed by atoms with Gasteiger partial charge in [0, 0.05) is 32.0 Å². The molecule has 0 bridgehead atoms. The molecule has 108 valence electrons. The molecule has 0 aromatic heterocycles. The van der Waals surface area contributed by atoms with E-state index in [4.69, 9.17) is 5.11 Å². The Morgan fingerprint density at radius 1 is 1.21 bits per heavy atom. The molecule has 2 fully saturated rings. The minimum Gasteiger partial charge on any atom is -0.481 e. The van der Waals surface area contributed by atoms with Crippen molar-refractivity contribution in [3.63, 3.8) is 0 Å². The number of carbonyl (C=O) groups excluding carboxylic acids is 1. The topological polar surface area (TPSA) is 60.9 Å². The summed E-state index contributed by atoms with van der Waals surface area (Å²) in [6.45, 7) is 2.87. The van der Waals surface area contributed by atoms with E-state index >= 15 is 0 Å². The van der Waals surface area contributed by atoms with Gasteiger partial charge in [0.05, 0.1) is 0 Å². The van der Waals surface area contributed by atoms with Crippen LogP contribution in [0.15, 0.2) is 0 Å². The molecule has 2 unspecified atom stereocenters. The number of aliphatic carboxylic acids is 1. The second-order valence-corrected chi connectivity index (χ2v) is 5.83. The summed E-state index contributed by atoms with van der Waals surface area (Å²) in [4.78, 5) is 26.9. The molecule has 2 saturated heterocycles. The molecule has 0 saturated carbocycles. The molecule has 1 N–H and O–H groups in total. The number of likely N-dealkylation sites (tertiary alicyclic amines) is 2. The summed E-state index contributed by atoms with van der Waals surface area (Å²) in [6.07, 6.45) is 4.42. The Morgan fingerprint density at radius 3 is 2.74 bits per heavy atom. The molecular formula is C14H24N2O3. The first-order valence-electron chi connectivity index (χ1n) is 7.27. The van der Waals surface area contributed by atoms with Gasteiger partial charge in [-0.1, -0.05) is 0 Å². The summed E-state index contributed by atoms with van der Waals surface area (Å²) in [5.41, 5.74) is 0. The summed E-state index contributed by atoms with van der Waals surface area (Å²) in [5.74, 6) is -0.0794. The number of rotatable bonds is 4. The molecule has 0 aliphatic carbocycles. The van der Waals surface area contributed by atoms with Crippen molar-refractivity contribution >= 4 is 11.9 Å². The van der Waals surface area contributed by atoms with E-state index in [9.17, 15) is 9.59 Å². The molecule has 2 heterocycles. The highest BCUT2D eigenvalue weighted by atomic mass is 16.4. The Labute approximate surface area is 114 Å². The van der Waals surface area contributed by atoms with Crippen LogP contribution in [0.25, 0.3) is 0 Å². The van der Waals surface area contributed by atoms with E-state index in [0.29, 0.717) is 24.8 Å². The molecule has 0 aromatic carbocycles. The smallest absolute Gasteiger partial charge is 0.303 e. The zero-order valence-electron chi connectivity index (χ0n) is 11.7. The van der Waals surface area contributed by atoms with Gasteiger partial charge in [0.15, 0.2) is 0 Å². The van der Waals surface area contributed by atoms with Gasteiger partial charge in [-0.15, -0.1) is 0 Å². The molecule has 0 spiro atoms. The van der Waals surface area contributed by atoms with Crippen molar-refractivity contribution < 1.29 is 14.7 Å². The molecule has 19 heavy (non-hydrogen) atoms. The molecule has 2 aliphatic heterocycles. The van der Waals surface area contributed by atoms with Crippen LogP contribution in [0, 0.1) is 5.92 Å². The van der Waals surface area contributed by atoms with E-state index in [-0.39, 0.29) is 12.3 Å². The van der Waals surface area contributed by atoms with Crippen LogP contribution in [0.3, 0.4) is 0 Å². The van der Waals surface area contributed by atoms with Gasteiger partial charge >= 0.3 is 5.97 Å². The monoisotopic (exact) mass is 268 g/mol. The molecule has 0 aromatic rings. The second kappa shape index (κ2) is 6.37. The predicted molar refractivity (Wildman–Crippen MR) is 71.8 cm³/mol. The van der Waals surface area contributed by atoms with Crippen LogP contribution in [-0.4, -0.2) is 59.5 Å². The van der Waals surface area contributed by atoms with Crippen LogP contribution in [0.1, 0.15) is 38.5 Å². The largest absolute Gasteiger partial charge is 0.481 e. The lowest BCUT2D eigenvalue weighted by atomic mass is 9.84. The quantitative estimate of drug-likeness (QED) is 0.832. The second-order valence-electron chi connectivity index (χ2n) is 5.83. The first-order valence-corrected chi connectivity index (χ1v) is 7.27. The van der Waals surface area contributed by atoms with Crippen molar-refractivity contribution in [3.05, 3.63) is 0 Å². The molecular weight excluding hydrogens is 244 g/mol. The van der Waals surface area contributed by atoms with Gasteiger partial charge in [-0.2, -0.15) is 0 Å². The van der Waals surface area contributed by atoms with Crippen molar-refractivity contribution in [2.24, 2.45) is 5.92 Å². The summed E-state index contributed by atoms with van der Waals surface area (Å²) >= 11 is 0. The SMILES string of the molecule is CN1CCCC2CN(C(=O)CCCC(=O)O)CCC21. The Hall–Kier alpha value is -1.10. The Bertz CT molecular complexity index is 346. The molecule has 5 nitrogen and oxygen atoms in total. The zero-order chi connectivity index (χ0) is 13.8. The first kappa shape index (κ1) is 14.3. The Balaban J connectivity index is 1.79. The van der Waals surface area contributed by atoms with Crippen molar-refractivity contribution in [1.29, 1.82) is 0 Å². The maximum atomic E-state index is 12.1. The molecule has 5 heteroatoms. The fourth-order valence-electron chi connectivity index (χ4n) is 3.43. The standard InChI is InChI=1S/C14H24N2O3/c1-15-8-3-4-11-10-16(9-7-12(11)15)13(17)5-2-6-14(18)19/h11-12H,2-10H2,1H3,(H,18,19). The van der Waals surface area contributed by atoms with E-state index in [2.05, 4.69) is 11.9 Å². The lowest BCUT2D eigenvalue weighted by Gasteiger charge is -2.46. The van der Waals surface area contributed by atoms with Gasteiger partial charge in [0.1, 0.15) is 0 Å². The van der Waals surface area contributed by atoms with Gasteiger partial charge in [-0.25, -0.2) is 0 Å². The maximum Gasteiger partial charge on any atom is 0.303 e. The number of fused-ring (bicyclic) bond motifs is 1. The Kier molecular flexibility index (Phi) is 4.80. The van der Waals surface area contributed by atoms with Crippen LogP contribution < -0.4 is 0 Å². The number of carbonyl (C=O) groups is 2. The first-order chi connectivity index (χ1) is 9.08. The molecule has 2 atom stereocenters. The highest BCUT2D eigenvalue weighted by Gasteiger charge is 2.35. The highest BCUT2D eigenvalue weighted by Crippen LogP contribution is 2.29. The van der Waals surface area contributed by atoms with Crippen LogP contribution in [-0.2, 0) is 9.59 Å². The predicted octanol–water partition coefficient (Wildman–Crippen LogP) is 1.18. The fourth-order valence-corrected chi connectivity index (χ4v) is 3.43. The molecule has 1 amide bonds.